The lowest BCUT2D eigenvalue weighted by atomic mass is 9.93. The summed E-state index contributed by atoms with van der Waals surface area (Å²) in [7, 11) is 1.75. The molecule has 0 amide bonds. The number of nitrogens with zero attached hydrogens (tertiary/aromatic N) is 1. The van der Waals surface area contributed by atoms with Crippen LogP contribution in [0.1, 0.15) is 24.8 Å². The molecule has 1 unspecified atom stereocenters. The molecule has 75 valence electrons. The van der Waals surface area contributed by atoms with Crippen LogP contribution in [0.25, 0.3) is 0 Å². The molecule has 0 spiro atoms. The van der Waals surface area contributed by atoms with Gasteiger partial charge in [-0.2, -0.15) is 0 Å². The SMILES string of the molecule is COC1(c2ccccc2)CCCC[N]1. The maximum atomic E-state index is 5.60. The first-order valence-corrected chi connectivity index (χ1v) is 5.17. The van der Waals surface area contributed by atoms with Gasteiger partial charge in [-0.15, -0.1) is 0 Å². The van der Waals surface area contributed by atoms with Crippen molar-refractivity contribution in [2.75, 3.05) is 13.7 Å². The average molecular weight is 190 g/mol. The van der Waals surface area contributed by atoms with Crippen molar-refractivity contribution >= 4 is 0 Å². The number of methoxy groups -OCH3 is 1. The normalized spacial score (nSPS) is 27.5. The van der Waals surface area contributed by atoms with Crippen LogP contribution in [0.2, 0.25) is 0 Å². The molecule has 1 saturated heterocycles. The minimum Gasteiger partial charge on any atom is -0.358 e. The summed E-state index contributed by atoms with van der Waals surface area (Å²) in [5, 5.41) is 4.63. The monoisotopic (exact) mass is 190 g/mol. The molecule has 1 heterocycles. The second-order valence-corrected chi connectivity index (χ2v) is 3.69. The zero-order valence-electron chi connectivity index (χ0n) is 8.57. The smallest absolute Gasteiger partial charge is 0.159 e. The summed E-state index contributed by atoms with van der Waals surface area (Å²) in [4.78, 5) is 0. The van der Waals surface area contributed by atoms with E-state index in [0.717, 1.165) is 13.0 Å². The van der Waals surface area contributed by atoms with Gasteiger partial charge in [-0.25, -0.2) is 5.32 Å². The molecule has 0 N–H and O–H groups in total. The summed E-state index contributed by atoms with van der Waals surface area (Å²) in [6.45, 7) is 0.919. The first-order valence-electron chi connectivity index (χ1n) is 5.17. The standard InChI is InChI=1S/C12H16NO/c1-14-12(9-5-6-10-13-12)11-7-3-2-4-8-11/h2-4,7-8H,5-6,9-10H2,1H3. The largest absolute Gasteiger partial charge is 0.358 e. The van der Waals surface area contributed by atoms with Gasteiger partial charge in [-0.05, 0) is 24.8 Å². The fourth-order valence-corrected chi connectivity index (χ4v) is 2.03. The molecule has 1 atom stereocenters. The molecule has 0 aliphatic carbocycles. The molecule has 0 bridgehead atoms. The lowest BCUT2D eigenvalue weighted by Gasteiger charge is -2.35. The second-order valence-electron chi connectivity index (χ2n) is 3.69. The Balaban J connectivity index is 2.27. The minimum atomic E-state index is -0.362. The maximum absolute atomic E-state index is 5.60. The Morgan fingerprint density at radius 3 is 2.57 bits per heavy atom. The Labute approximate surface area is 85.3 Å². The Bertz CT molecular complexity index is 278. The van der Waals surface area contributed by atoms with Crippen LogP contribution in [0.4, 0.5) is 0 Å². The topological polar surface area (TPSA) is 23.3 Å². The quantitative estimate of drug-likeness (QED) is 0.701. The van der Waals surface area contributed by atoms with E-state index in [1.807, 2.05) is 18.2 Å². The molecule has 1 radical (unpaired) electrons. The summed E-state index contributed by atoms with van der Waals surface area (Å²) in [6, 6.07) is 10.3. The van der Waals surface area contributed by atoms with Crippen molar-refractivity contribution < 1.29 is 4.74 Å². The third-order valence-corrected chi connectivity index (χ3v) is 2.85. The van der Waals surface area contributed by atoms with Crippen LogP contribution < -0.4 is 5.32 Å². The minimum absolute atomic E-state index is 0.362. The summed E-state index contributed by atoms with van der Waals surface area (Å²) in [5.41, 5.74) is 0.821. The molecular formula is C12H16NO. The summed E-state index contributed by atoms with van der Waals surface area (Å²) >= 11 is 0. The first kappa shape index (κ1) is 9.69. The molecule has 2 heteroatoms. The summed E-state index contributed by atoms with van der Waals surface area (Å²) in [5.74, 6) is 0. The fourth-order valence-electron chi connectivity index (χ4n) is 2.03. The van der Waals surface area contributed by atoms with Gasteiger partial charge in [0, 0.05) is 13.7 Å². The predicted molar refractivity (Wildman–Crippen MR) is 56.0 cm³/mol. The fraction of sp³-hybridized carbons (Fsp3) is 0.500. The summed E-state index contributed by atoms with van der Waals surface area (Å²) < 4.78 is 5.60. The molecule has 2 rings (SSSR count). The van der Waals surface area contributed by atoms with Gasteiger partial charge < -0.3 is 4.74 Å². The van der Waals surface area contributed by atoms with Crippen LogP contribution in [0.3, 0.4) is 0 Å². The first-order chi connectivity index (χ1) is 6.87. The molecule has 0 aromatic heterocycles. The van der Waals surface area contributed by atoms with Crippen molar-refractivity contribution in [3.63, 3.8) is 0 Å². The highest BCUT2D eigenvalue weighted by atomic mass is 16.5. The van der Waals surface area contributed by atoms with Gasteiger partial charge in [0.25, 0.3) is 0 Å². The molecule has 1 fully saturated rings. The van der Waals surface area contributed by atoms with E-state index in [2.05, 4.69) is 17.4 Å². The molecule has 1 aromatic carbocycles. The Morgan fingerprint density at radius 1 is 1.21 bits per heavy atom. The second kappa shape index (κ2) is 4.11. The molecule has 1 aliphatic heterocycles. The highest BCUT2D eigenvalue weighted by Crippen LogP contribution is 2.31. The third kappa shape index (κ3) is 1.68. The number of benzene rings is 1. The number of rotatable bonds is 2. The van der Waals surface area contributed by atoms with Crippen LogP contribution in [-0.2, 0) is 10.5 Å². The molecule has 1 aliphatic rings. The predicted octanol–water partition coefficient (Wildman–Crippen LogP) is 2.27. The highest BCUT2D eigenvalue weighted by molar-refractivity contribution is 5.22. The lowest BCUT2D eigenvalue weighted by Crippen LogP contribution is -2.42. The van der Waals surface area contributed by atoms with Crippen LogP contribution in [0.15, 0.2) is 30.3 Å². The number of piperidine rings is 1. The molecular weight excluding hydrogens is 174 g/mol. The van der Waals surface area contributed by atoms with E-state index in [4.69, 9.17) is 4.74 Å². The van der Waals surface area contributed by atoms with Crippen molar-refractivity contribution in [2.45, 2.75) is 25.0 Å². The van der Waals surface area contributed by atoms with Gasteiger partial charge in [0.2, 0.25) is 0 Å². The molecule has 2 nitrogen and oxygen atoms in total. The van der Waals surface area contributed by atoms with Gasteiger partial charge in [-0.1, -0.05) is 30.3 Å². The highest BCUT2D eigenvalue weighted by Gasteiger charge is 2.34. The number of hydrogen-bond acceptors (Lipinski definition) is 1. The number of ether oxygens (including phenoxy) is 1. The van der Waals surface area contributed by atoms with Crippen LogP contribution >= 0.6 is 0 Å². The van der Waals surface area contributed by atoms with E-state index >= 15 is 0 Å². The van der Waals surface area contributed by atoms with Crippen LogP contribution in [-0.4, -0.2) is 13.7 Å². The summed E-state index contributed by atoms with van der Waals surface area (Å²) in [6.07, 6.45) is 3.40. The van der Waals surface area contributed by atoms with Gasteiger partial charge >= 0.3 is 0 Å². The van der Waals surface area contributed by atoms with E-state index in [0.29, 0.717) is 0 Å². The molecule has 14 heavy (non-hydrogen) atoms. The third-order valence-electron chi connectivity index (χ3n) is 2.85. The van der Waals surface area contributed by atoms with Gasteiger partial charge in [0.05, 0.1) is 0 Å². The molecule has 0 saturated carbocycles. The van der Waals surface area contributed by atoms with Crippen LogP contribution in [0.5, 0.6) is 0 Å². The van der Waals surface area contributed by atoms with Gasteiger partial charge in [-0.3, -0.25) is 0 Å². The average Bonchev–Trinajstić information content (AvgIpc) is 2.31. The van der Waals surface area contributed by atoms with Crippen molar-refractivity contribution in [3.8, 4) is 0 Å². The van der Waals surface area contributed by atoms with Gasteiger partial charge in [0.1, 0.15) is 0 Å². The zero-order valence-corrected chi connectivity index (χ0v) is 8.57. The van der Waals surface area contributed by atoms with Crippen molar-refractivity contribution in [1.82, 2.24) is 5.32 Å². The van der Waals surface area contributed by atoms with Crippen molar-refractivity contribution in [1.29, 1.82) is 0 Å². The Hall–Kier alpha value is -0.860. The van der Waals surface area contributed by atoms with E-state index in [9.17, 15) is 0 Å². The Kier molecular flexibility index (Phi) is 2.85. The van der Waals surface area contributed by atoms with Crippen molar-refractivity contribution in [3.05, 3.63) is 35.9 Å². The maximum Gasteiger partial charge on any atom is 0.159 e. The lowest BCUT2D eigenvalue weighted by molar-refractivity contribution is -0.0683. The Morgan fingerprint density at radius 2 is 2.00 bits per heavy atom. The van der Waals surface area contributed by atoms with E-state index < -0.39 is 0 Å². The van der Waals surface area contributed by atoms with Crippen molar-refractivity contribution in [2.24, 2.45) is 0 Å². The number of hydrogen-bond donors (Lipinski definition) is 0. The van der Waals surface area contributed by atoms with E-state index in [1.165, 1.54) is 18.4 Å². The van der Waals surface area contributed by atoms with Crippen LogP contribution in [0, 0.1) is 0 Å². The molecule has 1 aromatic rings. The van der Waals surface area contributed by atoms with E-state index in [1.54, 1.807) is 7.11 Å². The van der Waals surface area contributed by atoms with E-state index in [-0.39, 0.29) is 5.72 Å². The van der Waals surface area contributed by atoms with Gasteiger partial charge in [0.15, 0.2) is 5.72 Å². The zero-order chi connectivity index (χ0) is 9.86.